The number of nitrogens with zero attached hydrogens (tertiary/aromatic N) is 5. The zero-order valence-electron chi connectivity index (χ0n) is 15.1. The maximum atomic E-state index is 11.9. The fourth-order valence-corrected chi connectivity index (χ4v) is 6.05. The number of hydrogen-bond donors (Lipinski definition) is 1. The molecule has 1 aliphatic heterocycles. The lowest BCUT2D eigenvalue weighted by Gasteiger charge is -2.61. The summed E-state index contributed by atoms with van der Waals surface area (Å²) in [6.45, 7) is 7.43. The number of aryl methyl sites for hydroxylation is 1. The van der Waals surface area contributed by atoms with E-state index in [-0.39, 0.29) is 17.5 Å². The molecule has 3 heterocycles. The van der Waals surface area contributed by atoms with Gasteiger partial charge in [-0.15, -0.1) is 0 Å². The Morgan fingerprint density at radius 1 is 1.38 bits per heavy atom. The van der Waals surface area contributed by atoms with Crippen molar-refractivity contribution in [2.45, 2.75) is 45.7 Å². The Labute approximate surface area is 158 Å². The molecule has 0 bridgehead atoms. The van der Waals surface area contributed by atoms with Crippen LogP contribution in [-0.4, -0.2) is 52.5 Å². The molecule has 4 rings (SSSR count). The van der Waals surface area contributed by atoms with E-state index in [4.69, 9.17) is 16.7 Å². The first-order chi connectivity index (χ1) is 12.1. The topological polar surface area (TPSA) is 96.8 Å². The quantitative estimate of drug-likeness (QED) is 0.843. The van der Waals surface area contributed by atoms with Crippen molar-refractivity contribution in [3.8, 4) is 0 Å². The first kappa shape index (κ1) is 18.0. The molecule has 2 aromatic rings. The summed E-state index contributed by atoms with van der Waals surface area (Å²) in [7, 11) is -3.67. The van der Waals surface area contributed by atoms with Crippen LogP contribution in [-0.2, 0) is 10.2 Å². The zero-order chi connectivity index (χ0) is 18.9. The number of fused-ring (bicyclic) bond motifs is 1. The van der Waals surface area contributed by atoms with Gasteiger partial charge in [-0.05, 0) is 45.2 Å². The van der Waals surface area contributed by atoms with E-state index in [0.717, 1.165) is 42.8 Å². The Morgan fingerprint density at radius 3 is 2.62 bits per heavy atom. The molecule has 2 fully saturated rings. The summed E-state index contributed by atoms with van der Waals surface area (Å²) in [5.41, 5.74) is 2.11. The predicted molar refractivity (Wildman–Crippen MR) is 100 cm³/mol. The molecule has 26 heavy (non-hydrogen) atoms. The smallest absolute Gasteiger partial charge is 0.277 e. The van der Waals surface area contributed by atoms with Crippen LogP contribution in [0.4, 0.5) is 5.82 Å². The van der Waals surface area contributed by atoms with Gasteiger partial charge in [0.2, 0.25) is 0 Å². The molecule has 10 heteroatoms. The summed E-state index contributed by atoms with van der Waals surface area (Å²) < 4.78 is 26.9. The lowest BCUT2D eigenvalue weighted by molar-refractivity contribution is 0.00498. The highest BCUT2D eigenvalue weighted by atomic mass is 35.5. The van der Waals surface area contributed by atoms with Gasteiger partial charge in [-0.3, -0.25) is 0 Å². The van der Waals surface area contributed by atoms with E-state index in [2.05, 4.69) is 15.0 Å². The van der Waals surface area contributed by atoms with Crippen molar-refractivity contribution in [3.63, 3.8) is 0 Å². The molecule has 1 saturated carbocycles. The minimum Gasteiger partial charge on any atom is -0.354 e. The molecule has 1 spiro atoms. The summed E-state index contributed by atoms with van der Waals surface area (Å²) in [6.07, 6.45) is 3.18. The third kappa shape index (κ3) is 2.69. The molecule has 0 aromatic carbocycles. The highest BCUT2D eigenvalue weighted by molar-refractivity contribution is 7.86. The molecule has 2 N–H and O–H groups in total. The number of halogens is 1. The molecule has 142 valence electrons. The van der Waals surface area contributed by atoms with Crippen LogP contribution in [0.1, 0.15) is 32.3 Å². The van der Waals surface area contributed by atoms with E-state index >= 15 is 0 Å². The number of aromatic nitrogens is 3. The van der Waals surface area contributed by atoms with Crippen LogP contribution in [0.25, 0.3) is 5.52 Å². The normalized spacial score (nSPS) is 20.2. The predicted octanol–water partition coefficient (Wildman–Crippen LogP) is 1.57. The van der Waals surface area contributed by atoms with Gasteiger partial charge in [0.05, 0.1) is 0 Å². The van der Waals surface area contributed by atoms with E-state index < -0.39 is 10.2 Å². The van der Waals surface area contributed by atoms with Gasteiger partial charge in [0.25, 0.3) is 10.2 Å². The molecule has 2 aromatic heterocycles. The van der Waals surface area contributed by atoms with Crippen LogP contribution in [0, 0.1) is 12.3 Å². The van der Waals surface area contributed by atoms with Gasteiger partial charge in [-0.2, -0.15) is 17.8 Å². The molecule has 1 aliphatic carbocycles. The Balaban J connectivity index is 1.49. The average molecular weight is 399 g/mol. The average Bonchev–Trinajstić information content (AvgIpc) is 2.73. The number of nitrogens with two attached hydrogens (primary N) is 1. The van der Waals surface area contributed by atoms with Crippen molar-refractivity contribution < 1.29 is 8.42 Å². The molecule has 0 unspecified atom stereocenters. The van der Waals surface area contributed by atoms with Crippen LogP contribution >= 0.6 is 11.6 Å². The van der Waals surface area contributed by atoms with Crippen molar-refractivity contribution in [3.05, 3.63) is 23.1 Å². The maximum absolute atomic E-state index is 11.9. The summed E-state index contributed by atoms with van der Waals surface area (Å²) in [5, 5.41) is 10.2. The lowest BCUT2D eigenvalue weighted by atomic mass is 9.60. The second kappa shape index (κ2) is 5.79. The highest BCUT2D eigenvalue weighted by Crippen LogP contribution is 2.52. The Kier molecular flexibility index (Phi) is 4.00. The van der Waals surface area contributed by atoms with Crippen molar-refractivity contribution in [2.75, 3.05) is 18.0 Å². The van der Waals surface area contributed by atoms with Crippen molar-refractivity contribution in [1.29, 1.82) is 0 Å². The Bertz CT molecular complexity index is 959. The summed E-state index contributed by atoms with van der Waals surface area (Å²) in [4.78, 5) is 6.67. The lowest BCUT2D eigenvalue weighted by Crippen LogP contribution is -2.68. The standard InChI is InChI=1S/C16H23ClN6O2S/c1-10(2)23(26(18,24)25)12-5-16(6-12)7-21(8-16)15-14-11(3)4-13(17)22(14)20-9-19-15/h4,9-10,12H,5-8H2,1-3H3,(H2,18,24,25). The van der Waals surface area contributed by atoms with Gasteiger partial charge in [0, 0.05) is 30.6 Å². The fraction of sp³-hybridized carbons (Fsp3) is 0.625. The van der Waals surface area contributed by atoms with Gasteiger partial charge in [-0.25, -0.2) is 14.6 Å². The summed E-state index contributed by atoms with van der Waals surface area (Å²) in [5.74, 6) is 0.880. The van der Waals surface area contributed by atoms with Crippen LogP contribution in [0.2, 0.25) is 5.15 Å². The summed E-state index contributed by atoms with van der Waals surface area (Å²) >= 11 is 6.22. The molecular formula is C16H23ClN6O2S. The van der Waals surface area contributed by atoms with E-state index in [1.807, 2.05) is 26.8 Å². The first-order valence-electron chi connectivity index (χ1n) is 8.66. The number of rotatable bonds is 4. The van der Waals surface area contributed by atoms with Gasteiger partial charge >= 0.3 is 0 Å². The van der Waals surface area contributed by atoms with Crippen molar-refractivity contribution >= 4 is 33.1 Å². The Morgan fingerprint density at radius 2 is 2.04 bits per heavy atom. The van der Waals surface area contributed by atoms with E-state index in [9.17, 15) is 8.42 Å². The molecule has 0 amide bonds. The monoisotopic (exact) mass is 398 g/mol. The zero-order valence-corrected chi connectivity index (χ0v) is 16.6. The van der Waals surface area contributed by atoms with E-state index in [0.29, 0.717) is 5.15 Å². The largest absolute Gasteiger partial charge is 0.354 e. The third-order valence-electron chi connectivity index (χ3n) is 5.53. The van der Waals surface area contributed by atoms with Crippen LogP contribution < -0.4 is 10.0 Å². The minimum atomic E-state index is -3.67. The molecule has 0 atom stereocenters. The Hall–Kier alpha value is -1.42. The van der Waals surface area contributed by atoms with Crippen molar-refractivity contribution in [1.82, 2.24) is 18.9 Å². The maximum Gasteiger partial charge on any atom is 0.277 e. The highest BCUT2D eigenvalue weighted by Gasteiger charge is 2.56. The summed E-state index contributed by atoms with van der Waals surface area (Å²) in [6, 6.07) is 1.74. The third-order valence-corrected chi connectivity index (χ3v) is 7.11. The van der Waals surface area contributed by atoms with Crippen LogP contribution in [0.5, 0.6) is 0 Å². The van der Waals surface area contributed by atoms with E-state index in [1.54, 1.807) is 4.52 Å². The molecule has 0 radical (unpaired) electrons. The molecule has 2 aliphatic rings. The molecular weight excluding hydrogens is 376 g/mol. The SMILES string of the molecule is Cc1cc(Cl)n2ncnc(N3CC4(CC(N(C(C)C)S(N)(=O)=O)C4)C3)c12. The second-order valence-corrected chi connectivity index (χ2v) is 9.72. The van der Waals surface area contributed by atoms with Gasteiger partial charge in [-0.1, -0.05) is 11.6 Å². The molecule has 1 saturated heterocycles. The fourth-order valence-electron chi connectivity index (χ4n) is 4.61. The molecule has 8 nitrogen and oxygen atoms in total. The van der Waals surface area contributed by atoms with Crippen LogP contribution in [0.15, 0.2) is 12.4 Å². The first-order valence-corrected chi connectivity index (χ1v) is 10.5. The van der Waals surface area contributed by atoms with Crippen LogP contribution in [0.3, 0.4) is 0 Å². The second-order valence-electron chi connectivity index (χ2n) is 7.88. The van der Waals surface area contributed by atoms with Gasteiger partial charge in [0.15, 0.2) is 5.82 Å². The minimum absolute atomic E-state index is 0.0120. The van der Waals surface area contributed by atoms with Crippen molar-refractivity contribution in [2.24, 2.45) is 10.6 Å². The van der Waals surface area contributed by atoms with E-state index in [1.165, 1.54) is 10.6 Å². The van der Waals surface area contributed by atoms with Gasteiger partial charge < -0.3 is 4.90 Å². The number of anilines is 1. The number of hydrogen-bond acceptors (Lipinski definition) is 5. The van der Waals surface area contributed by atoms with Gasteiger partial charge in [0.1, 0.15) is 17.0 Å².